The molecule has 0 unspecified atom stereocenters. The van der Waals surface area contributed by atoms with Gasteiger partial charge in [0.1, 0.15) is 5.82 Å². The van der Waals surface area contributed by atoms with E-state index < -0.39 is 0 Å². The Morgan fingerprint density at radius 3 is 2.40 bits per heavy atom. The number of pyridine rings is 1. The fourth-order valence-electron chi connectivity index (χ4n) is 2.29. The van der Waals surface area contributed by atoms with E-state index in [4.69, 9.17) is 5.84 Å². The minimum atomic E-state index is 0.0449. The van der Waals surface area contributed by atoms with Gasteiger partial charge in [0.2, 0.25) is 0 Å². The summed E-state index contributed by atoms with van der Waals surface area (Å²) in [6.45, 7) is 9.26. The van der Waals surface area contributed by atoms with Crippen LogP contribution < -0.4 is 11.3 Å². The summed E-state index contributed by atoms with van der Waals surface area (Å²) in [5.74, 6) is 6.33. The normalized spacial score (nSPS) is 10.9. The lowest BCUT2D eigenvalue weighted by molar-refractivity contribution is 0.0640. The molecule has 0 atom stereocenters. The Bertz CT molecular complexity index is 412. The van der Waals surface area contributed by atoms with E-state index in [0.717, 1.165) is 19.4 Å². The second kappa shape index (κ2) is 7.85. The maximum atomic E-state index is 12.7. The topological polar surface area (TPSA) is 71.2 Å². The minimum Gasteiger partial charge on any atom is -0.335 e. The molecule has 3 N–H and O–H groups in total. The summed E-state index contributed by atoms with van der Waals surface area (Å²) in [4.78, 5) is 18.8. The molecule has 1 aromatic heterocycles. The zero-order valence-electron chi connectivity index (χ0n) is 12.9. The lowest BCUT2D eigenvalue weighted by atomic mass is 10.1. The summed E-state index contributed by atoms with van der Waals surface area (Å²) in [5.41, 5.74) is 3.07. The number of amides is 1. The highest BCUT2D eigenvalue weighted by atomic mass is 16.2. The summed E-state index contributed by atoms with van der Waals surface area (Å²) in [6.07, 6.45) is 3.50. The summed E-state index contributed by atoms with van der Waals surface area (Å²) in [7, 11) is 0. The van der Waals surface area contributed by atoms with Gasteiger partial charge in [-0.2, -0.15) is 0 Å². The van der Waals surface area contributed by atoms with E-state index in [0.29, 0.717) is 17.3 Å². The number of aromatic nitrogens is 1. The zero-order valence-corrected chi connectivity index (χ0v) is 12.9. The van der Waals surface area contributed by atoms with Gasteiger partial charge in [-0.05, 0) is 30.9 Å². The molecular weight excluding hydrogens is 252 g/mol. The van der Waals surface area contributed by atoms with Crippen LogP contribution >= 0.6 is 0 Å². The first-order chi connectivity index (χ1) is 9.53. The van der Waals surface area contributed by atoms with Gasteiger partial charge in [0.15, 0.2) is 0 Å². The van der Waals surface area contributed by atoms with Crippen LogP contribution in [-0.4, -0.2) is 28.4 Å². The molecule has 0 spiro atoms. The maximum absolute atomic E-state index is 12.7. The van der Waals surface area contributed by atoms with Crippen molar-refractivity contribution in [1.82, 2.24) is 9.88 Å². The molecule has 0 radical (unpaired) electrons. The molecule has 0 bridgehead atoms. The van der Waals surface area contributed by atoms with Gasteiger partial charge in [0.05, 0.1) is 5.56 Å². The van der Waals surface area contributed by atoms with Crippen molar-refractivity contribution in [3.05, 3.63) is 23.9 Å². The molecule has 0 saturated carbocycles. The molecule has 0 fully saturated rings. The molecule has 0 aromatic carbocycles. The van der Waals surface area contributed by atoms with Crippen LogP contribution in [0.2, 0.25) is 0 Å². The fraction of sp³-hybridized carbons (Fsp3) is 0.600. The van der Waals surface area contributed by atoms with Crippen molar-refractivity contribution in [3.63, 3.8) is 0 Å². The van der Waals surface area contributed by atoms with Crippen molar-refractivity contribution >= 4 is 11.7 Å². The molecular formula is C15H26N4O. The van der Waals surface area contributed by atoms with Crippen molar-refractivity contribution in [2.24, 2.45) is 11.8 Å². The number of anilines is 1. The first kappa shape index (κ1) is 16.4. The highest BCUT2D eigenvalue weighted by Crippen LogP contribution is 2.16. The van der Waals surface area contributed by atoms with E-state index in [1.165, 1.54) is 0 Å². The minimum absolute atomic E-state index is 0.0449. The van der Waals surface area contributed by atoms with Crippen LogP contribution in [0.4, 0.5) is 5.82 Å². The number of nitrogen functional groups attached to an aromatic ring is 1. The summed E-state index contributed by atoms with van der Waals surface area (Å²) >= 11 is 0. The highest BCUT2D eigenvalue weighted by molar-refractivity contribution is 5.94. The summed E-state index contributed by atoms with van der Waals surface area (Å²) in [6, 6.07) is 3.76. The predicted molar refractivity (Wildman–Crippen MR) is 82.3 cm³/mol. The van der Waals surface area contributed by atoms with Crippen molar-refractivity contribution in [1.29, 1.82) is 0 Å². The van der Waals surface area contributed by atoms with Crippen LogP contribution in [0, 0.1) is 5.92 Å². The predicted octanol–water partition coefficient (Wildman–Crippen LogP) is 2.65. The first-order valence-corrected chi connectivity index (χ1v) is 7.27. The van der Waals surface area contributed by atoms with Crippen molar-refractivity contribution in [2.75, 3.05) is 12.0 Å². The van der Waals surface area contributed by atoms with Gasteiger partial charge in [-0.15, -0.1) is 0 Å². The molecule has 1 rings (SSSR count). The van der Waals surface area contributed by atoms with E-state index in [2.05, 4.69) is 38.1 Å². The van der Waals surface area contributed by atoms with Crippen LogP contribution in [0.25, 0.3) is 0 Å². The van der Waals surface area contributed by atoms with E-state index in [1.54, 1.807) is 18.3 Å². The van der Waals surface area contributed by atoms with Gasteiger partial charge in [-0.3, -0.25) is 4.79 Å². The number of hydrogen-bond donors (Lipinski definition) is 2. The fourth-order valence-corrected chi connectivity index (χ4v) is 2.29. The number of rotatable bonds is 7. The quantitative estimate of drug-likeness (QED) is 0.594. The molecule has 0 aliphatic carbocycles. The van der Waals surface area contributed by atoms with Crippen LogP contribution in [0.5, 0.6) is 0 Å². The molecule has 20 heavy (non-hydrogen) atoms. The number of carbonyl (C=O) groups excluding carboxylic acids is 1. The Labute approximate surface area is 121 Å². The molecule has 112 valence electrons. The summed E-state index contributed by atoms with van der Waals surface area (Å²) in [5, 5.41) is 0. The van der Waals surface area contributed by atoms with E-state index in [9.17, 15) is 4.79 Å². The smallest absolute Gasteiger partial charge is 0.255 e. The van der Waals surface area contributed by atoms with Gasteiger partial charge in [0, 0.05) is 18.8 Å². The SMILES string of the molecule is CCC(CC)N(CC(C)C)C(=O)c1ccc(NN)nc1. The molecule has 1 aromatic rings. The third-order valence-corrected chi connectivity index (χ3v) is 3.36. The standard InChI is InChI=1S/C15H26N4O/c1-5-13(6-2)19(10-11(3)4)15(20)12-7-8-14(18-16)17-9-12/h7-9,11,13H,5-6,10,16H2,1-4H3,(H,17,18). The number of carbonyl (C=O) groups is 1. The maximum Gasteiger partial charge on any atom is 0.255 e. The third kappa shape index (κ3) is 4.20. The lowest BCUT2D eigenvalue weighted by Gasteiger charge is -2.32. The Morgan fingerprint density at radius 1 is 1.35 bits per heavy atom. The average molecular weight is 278 g/mol. The van der Waals surface area contributed by atoms with E-state index in [-0.39, 0.29) is 11.9 Å². The van der Waals surface area contributed by atoms with Gasteiger partial charge >= 0.3 is 0 Å². The molecule has 0 aliphatic rings. The zero-order chi connectivity index (χ0) is 15.1. The van der Waals surface area contributed by atoms with Crippen LogP contribution in [0.1, 0.15) is 50.9 Å². The first-order valence-electron chi connectivity index (χ1n) is 7.27. The van der Waals surface area contributed by atoms with Gasteiger partial charge < -0.3 is 10.3 Å². The number of nitrogens with zero attached hydrogens (tertiary/aromatic N) is 2. The van der Waals surface area contributed by atoms with Crippen LogP contribution in [-0.2, 0) is 0 Å². The second-order valence-electron chi connectivity index (χ2n) is 5.40. The molecule has 1 amide bonds. The molecule has 5 nitrogen and oxygen atoms in total. The molecule has 5 heteroatoms. The Kier molecular flexibility index (Phi) is 6.45. The average Bonchev–Trinajstić information content (AvgIpc) is 2.46. The van der Waals surface area contributed by atoms with Gasteiger partial charge in [-0.1, -0.05) is 27.7 Å². The number of hydrazine groups is 1. The largest absolute Gasteiger partial charge is 0.335 e. The number of hydrogen-bond acceptors (Lipinski definition) is 4. The van der Waals surface area contributed by atoms with Crippen LogP contribution in [0.3, 0.4) is 0 Å². The van der Waals surface area contributed by atoms with Gasteiger partial charge in [-0.25, -0.2) is 10.8 Å². The Hall–Kier alpha value is -1.62. The molecule has 1 heterocycles. The third-order valence-electron chi connectivity index (χ3n) is 3.36. The lowest BCUT2D eigenvalue weighted by Crippen LogP contribution is -2.42. The van der Waals surface area contributed by atoms with Crippen molar-refractivity contribution in [3.8, 4) is 0 Å². The molecule has 0 saturated heterocycles. The van der Waals surface area contributed by atoms with E-state index in [1.807, 2.05) is 4.90 Å². The number of nitrogens with one attached hydrogen (secondary N) is 1. The Morgan fingerprint density at radius 2 is 2.00 bits per heavy atom. The summed E-state index contributed by atoms with van der Waals surface area (Å²) < 4.78 is 0. The van der Waals surface area contributed by atoms with Crippen molar-refractivity contribution in [2.45, 2.75) is 46.6 Å². The number of nitrogens with two attached hydrogens (primary N) is 1. The second-order valence-corrected chi connectivity index (χ2v) is 5.40. The molecule has 0 aliphatic heterocycles. The van der Waals surface area contributed by atoms with Crippen molar-refractivity contribution < 1.29 is 4.79 Å². The van der Waals surface area contributed by atoms with E-state index >= 15 is 0 Å². The highest BCUT2D eigenvalue weighted by Gasteiger charge is 2.23. The van der Waals surface area contributed by atoms with Crippen LogP contribution in [0.15, 0.2) is 18.3 Å². The monoisotopic (exact) mass is 278 g/mol. The van der Waals surface area contributed by atoms with Gasteiger partial charge in [0.25, 0.3) is 5.91 Å². The Balaban J connectivity index is 2.95.